The molecule has 2 nitrogen and oxygen atoms in total. The fourth-order valence-electron chi connectivity index (χ4n) is 3.31. The molecule has 0 unspecified atom stereocenters. The summed E-state index contributed by atoms with van der Waals surface area (Å²) >= 11 is 0. The second-order valence-corrected chi connectivity index (χ2v) is 7.74. The van der Waals surface area contributed by atoms with Crippen LogP contribution in [0, 0.1) is 32.8 Å². The van der Waals surface area contributed by atoms with Gasteiger partial charge in [0.05, 0.1) is 0 Å². The van der Waals surface area contributed by atoms with Gasteiger partial charge in [-0.3, -0.25) is 0 Å². The van der Waals surface area contributed by atoms with E-state index in [1.165, 1.54) is 22.9 Å². The van der Waals surface area contributed by atoms with Gasteiger partial charge in [-0.2, -0.15) is 0 Å². The zero-order chi connectivity index (χ0) is 25.5. The molecule has 2 aromatic heterocycles. The van der Waals surface area contributed by atoms with E-state index in [2.05, 4.69) is 64.6 Å². The first-order valence-electron chi connectivity index (χ1n) is 12.3. The Labute approximate surface area is 220 Å². The standard InChI is InChI=1S/C18H14N.C13H12N.Ir/c1-14-10-11-18(19-13-14)17-9-5-8-16(12-17)15-6-3-2-4-7-15;1-10-8-13(14-9-11(10)2)12-6-4-3-5-7-12;/h2-8,10-13H,1H3;3-6,8-9H,1-2H3;/q2*-1;/i;2D3;. The fourth-order valence-corrected chi connectivity index (χ4v) is 3.31. The molecule has 0 amide bonds. The quantitative estimate of drug-likeness (QED) is 0.193. The van der Waals surface area contributed by atoms with Crippen LogP contribution in [0.4, 0.5) is 0 Å². The van der Waals surface area contributed by atoms with E-state index in [0.29, 0.717) is 5.56 Å². The van der Waals surface area contributed by atoms with Crippen molar-refractivity contribution in [2.75, 3.05) is 0 Å². The van der Waals surface area contributed by atoms with Gasteiger partial charge in [0, 0.05) is 36.6 Å². The maximum Gasteiger partial charge on any atom is 0.0280 e. The van der Waals surface area contributed by atoms with Crippen molar-refractivity contribution >= 4 is 0 Å². The van der Waals surface area contributed by atoms with Gasteiger partial charge in [0.2, 0.25) is 0 Å². The average molecular weight is 622 g/mol. The van der Waals surface area contributed by atoms with E-state index < -0.39 is 6.85 Å². The second-order valence-electron chi connectivity index (χ2n) is 7.74. The van der Waals surface area contributed by atoms with Crippen LogP contribution in [-0.2, 0) is 20.1 Å². The first-order chi connectivity index (χ1) is 17.3. The minimum atomic E-state index is -2.10. The predicted molar refractivity (Wildman–Crippen MR) is 137 cm³/mol. The number of rotatable bonds is 3. The van der Waals surface area contributed by atoms with Crippen LogP contribution >= 0.6 is 0 Å². The molecule has 2 heterocycles. The third-order valence-electron chi connectivity index (χ3n) is 5.19. The molecule has 0 spiro atoms. The summed E-state index contributed by atoms with van der Waals surface area (Å²) in [4.78, 5) is 8.64. The summed E-state index contributed by atoms with van der Waals surface area (Å²) in [7, 11) is 0. The Hall–Kier alpha value is -3.39. The number of aryl methyl sites for hydroxylation is 3. The summed E-state index contributed by atoms with van der Waals surface area (Å²) < 4.78 is 22.1. The number of benzene rings is 3. The van der Waals surface area contributed by atoms with Crippen molar-refractivity contribution in [3.8, 4) is 33.6 Å². The van der Waals surface area contributed by atoms with Crippen LogP contribution in [0.3, 0.4) is 0 Å². The smallest absolute Gasteiger partial charge is 0.0280 e. The Bertz CT molecular complexity index is 1420. The van der Waals surface area contributed by atoms with Crippen LogP contribution in [0.15, 0.2) is 103 Å². The summed E-state index contributed by atoms with van der Waals surface area (Å²) in [5.74, 6) is 0. The molecule has 0 aliphatic heterocycles. The van der Waals surface area contributed by atoms with Gasteiger partial charge < -0.3 is 9.97 Å². The monoisotopic (exact) mass is 622 g/mol. The van der Waals surface area contributed by atoms with E-state index in [0.717, 1.165) is 28.1 Å². The Morgan fingerprint density at radius 3 is 2.09 bits per heavy atom. The Morgan fingerprint density at radius 2 is 1.41 bits per heavy atom. The number of hydrogen-bond donors (Lipinski definition) is 0. The molecule has 171 valence electrons. The Balaban J connectivity index is 0.000000201. The molecular formula is C31H26IrN2-2. The first-order valence-corrected chi connectivity index (χ1v) is 10.8. The summed E-state index contributed by atoms with van der Waals surface area (Å²) in [6, 6.07) is 36.2. The molecule has 0 saturated carbocycles. The molecule has 0 N–H and O–H groups in total. The summed E-state index contributed by atoms with van der Waals surface area (Å²) in [5.41, 5.74) is 8.21. The number of aromatic nitrogens is 2. The molecule has 5 rings (SSSR count). The van der Waals surface area contributed by atoms with Gasteiger partial charge >= 0.3 is 0 Å². The van der Waals surface area contributed by atoms with E-state index in [9.17, 15) is 0 Å². The number of pyridine rings is 2. The van der Waals surface area contributed by atoms with Crippen LogP contribution < -0.4 is 0 Å². The van der Waals surface area contributed by atoms with Crippen LogP contribution in [0.1, 0.15) is 20.8 Å². The van der Waals surface area contributed by atoms with Crippen LogP contribution in [0.25, 0.3) is 33.6 Å². The predicted octanol–water partition coefficient (Wildman–Crippen LogP) is 7.69. The van der Waals surface area contributed by atoms with E-state index in [-0.39, 0.29) is 20.1 Å². The molecule has 5 aromatic rings. The molecule has 34 heavy (non-hydrogen) atoms. The van der Waals surface area contributed by atoms with Crippen molar-refractivity contribution < 1.29 is 24.2 Å². The van der Waals surface area contributed by atoms with E-state index in [4.69, 9.17) is 4.11 Å². The minimum absolute atomic E-state index is 0. The minimum Gasteiger partial charge on any atom is -0.304 e. The zero-order valence-electron chi connectivity index (χ0n) is 22.0. The summed E-state index contributed by atoms with van der Waals surface area (Å²) in [6.07, 6.45) is 3.32. The molecule has 0 saturated heterocycles. The molecule has 0 atom stereocenters. The van der Waals surface area contributed by atoms with Crippen molar-refractivity contribution in [2.24, 2.45) is 0 Å². The van der Waals surface area contributed by atoms with E-state index in [1.54, 1.807) is 13.0 Å². The van der Waals surface area contributed by atoms with Crippen molar-refractivity contribution in [2.45, 2.75) is 20.7 Å². The van der Waals surface area contributed by atoms with Gasteiger partial charge in [0.15, 0.2) is 0 Å². The van der Waals surface area contributed by atoms with Crippen molar-refractivity contribution in [3.05, 3.63) is 132 Å². The molecule has 0 aliphatic carbocycles. The molecule has 0 aliphatic rings. The fraction of sp³-hybridized carbons (Fsp3) is 0.0968. The summed E-state index contributed by atoms with van der Waals surface area (Å²) in [5, 5.41) is 0. The molecule has 0 fully saturated rings. The van der Waals surface area contributed by atoms with Gasteiger partial charge in [0.25, 0.3) is 0 Å². The maximum atomic E-state index is 7.37. The van der Waals surface area contributed by atoms with Gasteiger partial charge in [-0.25, -0.2) is 0 Å². The zero-order valence-corrected chi connectivity index (χ0v) is 21.4. The van der Waals surface area contributed by atoms with Crippen molar-refractivity contribution in [3.63, 3.8) is 0 Å². The van der Waals surface area contributed by atoms with Crippen LogP contribution in [0.5, 0.6) is 0 Å². The number of nitrogens with zero attached hydrogens (tertiary/aromatic N) is 2. The Morgan fingerprint density at radius 1 is 0.647 bits per heavy atom. The number of hydrogen-bond acceptors (Lipinski definition) is 2. The molecule has 1 radical (unpaired) electrons. The second kappa shape index (κ2) is 12.2. The third-order valence-corrected chi connectivity index (χ3v) is 5.19. The average Bonchev–Trinajstić information content (AvgIpc) is 2.90. The van der Waals surface area contributed by atoms with Gasteiger partial charge in [-0.05, 0) is 48.8 Å². The SMILES string of the molecule is Cc1ccc(-c2[c-]ccc(-c3ccccc3)c2)nc1.[2H]C([2H])([2H])c1cnc(-c2[c-]cccc2)cc1C.[Ir]. The van der Waals surface area contributed by atoms with E-state index >= 15 is 0 Å². The molecule has 3 heteroatoms. The topological polar surface area (TPSA) is 25.8 Å². The molecule has 0 bridgehead atoms. The third kappa shape index (κ3) is 6.57. The maximum absolute atomic E-state index is 7.37. The van der Waals surface area contributed by atoms with Gasteiger partial charge in [0.1, 0.15) is 0 Å². The van der Waals surface area contributed by atoms with Gasteiger partial charge in [-0.15, -0.1) is 71.3 Å². The molecule has 3 aromatic carbocycles. The van der Waals surface area contributed by atoms with Crippen molar-refractivity contribution in [1.29, 1.82) is 0 Å². The van der Waals surface area contributed by atoms with Crippen molar-refractivity contribution in [1.82, 2.24) is 9.97 Å². The van der Waals surface area contributed by atoms with E-state index in [1.807, 2.05) is 55.6 Å². The van der Waals surface area contributed by atoms with Gasteiger partial charge in [-0.1, -0.05) is 54.1 Å². The Kier molecular flexibility index (Phi) is 7.58. The van der Waals surface area contributed by atoms with Crippen LogP contribution in [-0.4, -0.2) is 9.97 Å². The largest absolute Gasteiger partial charge is 0.304 e. The normalized spacial score (nSPS) is 11.6. The molecular weight excluding hydrogens is 593 g/mol. The summed E-state index contributed by atoms with van der Waals surface area (Å²) in [6.45, 7) is 1.73. The van der Waals surface area contributed by atoms with Crippen LogP contribution in [0.2, 0.25) is 0 Å². The first kappa shape index (κ1) is 21.2.